The Morgan fingerprint density at radius 3 is 2.24 bits per heavy atom. The molecule has 2 aromatic rings. The number of pyridine rings is 1. The first-order valence-corrected chi connectivity index (χ1v) is 10.3. The molecule has 0 unspecified atom stereocenters. The quantitative estimate of drug-likeness (QED) is 0.335. The minimum atomic E-state index is -0.639. The highest BCUT2D eigenvalue weighted by molar-refractivity contribution is 5.99. The van der Waals surface area contributed by atoms with Crippen molar-refractivity contribution in [2.75, 3.05) is 52.9 Å². The number of carbonyl (C=O) groups excluding carboxylic acids is 4. The van der Waals surface area contributed by atoms with Crippen LogP contribution in [-0.2, 0) is 23.9 Å². The van der Waals surface area contributed by atoms with Gasteiger partial charge in [0, 0.05) is 31.8 Å². The van der Waals surface area contributed by atoms with Crippen LogP contribution in [0.1, 0.15) is 16.8 Å². The number of methoxy groups -OCH3 is 2. The molecule has 0 fully saturated rings. The van der Waals surface area contributed by atoms with E-state index < -0.39 is 18.5 Å². The summed E-state index contributed by atoms with van der Waals surface area (Å²) in [5, 5.41) is 3.04. The molecular formula is C23H27N3O8. The third-order valence-electron chi connectivity index (χ3n) is 4.53. The average molecular weight is 473 g/mol. The maximum Gasteiger partial charge on any atom is 0.343 e. The van der Waals surface area contributed by atoms with Crippen molar-refractivity contribution in [3.63, 3.8) is 0 Å². The maximum atomic E-state index is 12.7. The Kier molecular flexibility index (Phi) is 10.3. The molecule has 0 saturated heterocycles. The molecule has 0 aliphatic carbocycles. The molecule has 1 N–H and O–H groups in total. The van der Waals surface area contributed by atoms with Gasteiger partial charge in [-0.3, -0.25) is 9.59 Å². The molecule has 0 atom stereocenters. The SMILES string of the molecule is COC(=O)COc1ccc(C(=O)CN(C)C(=O)CCNc2ccccn2)cc1OCC(=O)OC. The van der Waals surface area contributed by atoms with Crippen molar-refractivity contribution < 1.29 is 38.1 Å². The second-order valence-corrected chi connectivity index (χ2v) is 6.96. The Labute approximate surface area is 196 Å². The highest BCUT2D eigenvalue weighted by Gasteiger charge is 2.18. The number of nitrogens with one attached hydrogen (secondary N) is 1. The Morgan fingerprint density at radius 1 is 0.941 bits per heavy atom. The van der Waals surface area contributed by atoms with Gasteiger partial charge in [-0.25, -0.2) is 14.6 Å². The van der Waals surface area contributed by atoms with Crippen LogP contribution < -0.4 is 14.8 Å². The molecule has 0 aliphatic heterocycles. The van der Waals surface area contributed by atoms with Crippen LogP contribution in [0.15, 0.2) is 42.6 Å². The topological polar surface area (TPSA) is 133 Å². The first-order chi connectivity index (χ1) is 16.3. The smallest absolute Gasteiger partial charge is 0.343 e. The molecule has 0 bridgehead atoms. The first kappa shape index (κ1) is 26.1. The summed E-state index contributed by atoms with van der Waals surface area (Å²) in [6.45, 7) is -0.611. The molecule has 1 heterocycles. The van der Waals surface area contributed by atoms with Crippen molar-refractivity contribution in [1.82, 2.24) is 9.88 Å². The first-order valence-electron chi connectivity index (χ1n) is 10.3. The van der Waals surface area contributed by atoms with E-state index in [0.717, 1.165) is 0 Å². The van der Waals surface area contributed by atoms with E-state index in [-0.39, 0.29) is 48.3 Å². The Morgan fingerprint density at radius 2 is 1.62 bits per heavy atom. The van der Waals surface area contributed by atoms with Gasteiger partial charge in [-0.15, -0.1) is 0 Å². The van der Waals surface area contributed by atoms with E-state index in [4.69, 9.17) is 9.47 Å². The van der Waals surface area contributed by atoms with Crippen molar-refractivity contribution in [2.24, 2.45) is 0 Å². The summed E-state index contributed by atoms with van der Waals surface area (Å²) in [7, 11) is 3.96. The molecule has 0 radical (unpaired) electrons. The number of ether oxygens (including phenoxy) is 4. The number of anilines is 1. The van der Waals surface area contributed by atoms with Crippen LogP contribution in [0.25, 0.3) is 0 Å². The van der Waals surface area contributed by atoms with Crippen LogP contribution in [0.2, 0.25) is 0 Å². The third-order valence-corrected chi connectivity index (χ3v) is 4.53. The summed E-state index contributed by atoms with van der Waals surface area (Å²) in [6, 6.07) is 9.69. The normalized spacial score (nSPS) is 10.1. The molecule has 34 heavy (non-hydrogen) atoms. The number of carbonyl (C=O) groups is 4. The average Bonchev–Trinajstić information content (AvgIpc) is 2.86. The molecule has 0 saturated carbocycles. The van der Waals surface area contributed by atoms with Crippen LogP contribution in [0.5, 0.6) is 11.5 Å². The minimum absolute atomic E-state index is 0.0636. The number of esters is 2. The summed E-state index contributed by atoms with van der Waals surface area (Å²) in [4.78, 5) is 53.4. The van der Waals surface area contributed by atoms with Gasteiger partial charge in [0.05, 0.1) is 20.8 Å². The molecule has 1 aromatic carbocycles. The zero-order chi connectivity index (χ0) is 24.9. The second-order valence-electron chi connectivity index (χ2n) is 6.96. The molecular weight excluding hydrogens is 446 g/mol. The van der Waals surface area contributed by atoms with E-state index in [9.17, 15) is 19.2 Å². The maximum absolute atomic E-state index is 12.7. The number of aromatic nitrogens is 1. The number of amides is 1. The lowest BCUT2D eigenvalue weighted by atomic mass is 10.1. The van der Waals surface area contributed by atoms with Crippen molar-refractivity contribution in [3.05, 3.63) is 48.2 Å². The zero-order valence-electron chi connectivity index (χ0n) is 19.2. The molecule has 0 aliphatic rings. The van der Waals surface area contributed by atoms with Gasteiger partial charge < -0.3 is 29.2 Å². The summed E-state index contributed by atoms with van der Waals surface area (Å²) < 4.78 is 19.8. The standard InChI is InChI=1S/C23H27N3O8/c1-26(21(28)9-11-25-20-6-4-5-10-24-20)13-17(27)16-7-8-18(33-14-22(29)31-2)19(12-16)34-15-23(30)32-3/h4-8,10,12H,9,11,13-15H2,1-3H3,(H,24,25). The van der Waals surface area contributed by atoms with Gasteiger partial charge in [-0.2, -0.15) is 0 Å². The molecule has 1 amide bonds. The number of likely N-dealkylation sites (N-methyl/N-ethyl adjacent to an activating group) is 1. The van der Waals surface area contributed by atoms with E-state index >= 15 is 0 Å². The van der Waals surface area contributed by atoms with Gasteiger partial charge in [0.15, 0.2) is 30.5 Å². The molecule has 11 heteroatoms. The van der Waals surface area contributed by atoms with Crippen molar-refractivity contribution in [1.29, 1.82) is 0 Å². The van der Waals surface area contributed by atoms with E-state index in [0.29, 0.717) is 12.4 Å². The number of hydrogen-bond acceptors (Lipinski definition) is 10. The molecule has 11 nitrogen and oxygen atoms in total. The van der Waals surface area contributed by atoms with E-state index in [1.165, 1.54) is 44.4 Å². The number of benzene rings is 1. The van der Waals surface area contributed by atoms with Gasteiger partial charge in [0.1, 0.15) is 5.82 Å². The fourth-order valence-electron chi connectivity index (χ4n) is 2.66. The van der Waals surface area contributed by atoms with Gasteiger partial charge in [-0.05, 0) is 30.3 Å². The van der Waals surface area contributed by atoms with Gasteiger partial charge >= 0.3 is 11.9 Å². The van der Waals surface area contributed by atoms with Crippen molar-refractivity contribution in [3.8, 4) is 11.5 Å². The van der Waals surface area contributed by atoms with Crippen LogP contribution in [0.4, 0.5) is 5.82 Å². The summed E-state index contributed by atoms with van der Waals surface area (Å²) >= 11 is 0. The number of ketones is 1. The molecule has 1 aromatic heterocycles. The predicted octanol–water partition coefficient (Wildman–Crippen LogP) is 1.33. The van der Waals surface area contributed by atoms with Crippen LogP contribution in [0, 0.1) is 0 Å². The third kappa shape index (κ3) is 8.41. The second kappa shape index (κ2) is 13.4. The highest BCUT2D eigenvalue weighted by Crippen LogP contribution is 2.29. The van der Waals surface area contributed by atoms with Gasteiger partial charge in [0.25, 0.3) is 0 Å². The summed E-state index contributed by atoms with van der Waals surface area (Å²) in [5.41, 5.74) is 0.233. The van der Waals surface area contributed by atoms with E-state index in [2.05, 4.69) is 19.8 Å². The number of hydrogen-bond donors (Lipinski definition) is 1. The van der Waals surface area contributed by atoms with Crippen LogP contribution in [-0.4, -0.2) is 81.1 Å². The molecule has 182 valence electrons. The number of Topliss-reactive ketones (excluding diaryl/α,β-unsaturated/α-hetero) is 1. The highest BCUT2D eigenvalue weighted by atomic mass is 16.6. The van der Waals surface area contributed by atoms with E-state index in [1.807, 2.05) is 6.07 Å². The van der Waals surface area contributed by atoms with Gasteiger partial charge in [-0.1, -0.05) is 6.07 Å². The zero-order valence-corrected chi connectivity index (χ0v) is 19.2. The molecule has 0 spiro atoms. The Bertz CT molecular complexity index is 997. The largest absolute Gasteiger partial charge is 0.478 e. The fraction of sp³-hybridized carbons (Fsp3) is 0.348. The Balaban J connectivity index is 1.99. The monoisotopic (exact) mass is 473 g/mol. The summed E-state index contributed by atoms with van der Waals surface area (Å²) in [5.74, 6) is -0.974. The van der Waals surface area contributed by atoms with Crippen LogP contribution >= 0.6 is 0 Å². The number of nitrogens with zero attached hydrogens (tertiary/aromatic N) is 2. The van der Waals surface area contributed by atoms with Crippen molar-refractivity contribution >= 4 is 29.4 Å². The van der Waals surface area contributed by atoms with Crippen molar-refractivity contribution in [2.45, 2.75) is 6.42 Å². The van der Waals surface area contributed by atoms with Gasteiger partial charge in [0.2, 0.25) is 5.91 Å². The fourth-order valence-corrected chi connectivity index (χ4v) is 2.66. The lowest BCUT2D eigenvalue weighted by molar-refractivity contribution is -0.144. The lowest BCUT2D eigenvalue weighted by Crippen LogP contribution is -2.33. The molecule has 2 rings (SSSR count). The number of rotatable bonds is 13. The summed E-state index contributed by atoms with van der Waals surface area (Å²) in [6.07, 6.45) is 1.82. The predicted molar refractivity (Wildman–Crippen MR) is 121 cm³/mol. The van der Waals surface area contributed by atoms with E-state index in [1.54, 1.807) is 18.3 Å². The Hall–Kier alpha value is -4.15. The minimum Gasteiger partial charge on any atom is -0.478 e. The van der Waals surface area contributed by atoms with Crippen LogP contribution in [0.3, 0.4) is 0 Å². The lowest BCUT2D eigenvalue weighted by Gasteiger charge is -2.17.